The van der Waals surface area contributed by atoms with Crippen molar-refractivity contribution >= 4 is 0 Å². The van der Waals surface area contributed by atoms with E-state index in [1.807, 2.05) is 0 Å². The minimum absolute atomic E-state index is 0.135. The maximum absolute atomic E-state index is 13.3. The summed E-state index contributed by atoms with van der Waals surface area (Å²) in [5, 5.41) is 0. The van der Waals surface area contributed by atoms with Gasteiger partial charge in [-0.05, 0) is 36.7 Å². The van der Waals surface area contributed by atoms with Gasteiger partial charge in [-0.25, -0.2) is 8.78 Å². The van der Waals surface area contributed by atoms with E-state index in [1.165, 1.54) is 24.4 Å². The molecule has 2 rings (SSSR count). The minimum atomic E-state index is -0.427. The first-order valence-corrected chi connectivity index (χ1v) is 5.89. The fourth-order valence-corrected chi connectivity index (χ4v) is 1.72. The molecule has 19 heavy (non-hydrogen) atoms. The van der Waals surface area contributed by atoms with Crippen molar-refractivity contribution in [2.24, 2.45) is 5.73 Å². The molecule has 100 valence electrons. The van der Waals surface area contributed by atoms with Crippen molar-refractivity contribution in [3.05, 3.63) is 59.4 Å². The minimum Gasteiger partial charge on any atom is -0.489 e. The Bertz CT molecular complexity index is 561. The molecule has 0 aliphatic heterocycles. The zero-order chi connectivity index (χ0) is 13.7. The van der Waals surface area contributed by atoms with Crippen LogP contribution in [-0.2, 0) is 13.0 Å². The standard InChI is InChI=1S/C14H14F2N2O/c15-12-3-10(1-2-17)5-14(6-12)19-9-11-4-13(16)8-18-7-11/h3-8H,1-2,9,17H2. The van der Waals surface area contributed by atoms with Gasteiger partial charge in [0.15, 0.2) is 0 Å². The number of aromatic nitrogens is 1. The van der Waals surface area contributed by atoms with E-state index in [9.17, 15) is 8.78 Å². The van der Waals surface area contributed by atoms with Crippen molar-refractivity contribution in [3.63, 3.8) is 0 Å². The largest absolute Gasteiger partial charge is 0.489 e. The molecule has 2 aromatic rings. The Morgan fingerprint density at radius 1 is 1.00 bits per heavy atom. The Morgan fingerprint density at radius 2 is 1.79 bits per heavy atom. The zero-order valence-corrected chi connectivity index (χ0v) is 10.3. The molecule has 0 atom stereocenters. The van der Waals surface area contributed by atoms with Crippen LogP contribution in [0.5, 0.6) is 5.75 Å². The lowest BCUT2D eigenvalue weighted by atomic mass is 10.1. The Balaban J connectivity index is 2.06. The molecule has 5 heteroatoms. The highest BCUT2D eigenvalue weighted by Crippen LogP contribution is 2.18. The van der Waals surface area contributed by atoms with Gasteiger partial charge in [0.25, 0.3) is 0 Å². The predicted molar refractivity (Wildman–Crippen MR) is 67.7 cm³/mol. The van der Waals surface area contributed by atoms with E-state index in [1.54, 1.807) is 6.07 Å². The highest BCUT2D eigenvalue weighted by molar-refractivity contribution is 5.30. The normalized spacial score (nSPS) is 10.5. The third-order valence-corrected chi connectivity index (χ3v) is 2.53. The van der Waals surface area contributed by atoms with Crippen LogP contribution >= 0.6 is 0 Å². The molecule has 0 amide bonds. The number of ether oxygens (including phenoxy) is 1. The highest BCUT2D eigenvalue weighted by Gasteiger charge is 2.03. The first-order chi connectivity index (χ1) is 9.17. The van der Waals surface area contributed by atoms with Crippen LogP contribution in [0.2, 0.25) is 0 Å². The van der Waals surface area contributed by atoms with Crippen LogP contribution < -0.4 is 10.5 Å². The molecule has 2 N–H and O–H groups in total. The molecule has 0 bridgehead atoms. The molecule has 0 saturated heterocycles. The lowest BCUT2D eigenvalue weighted by molar-refractivity contribution is 0.303. The lowest BCUT2D eigenvalue weighted by Gasteiger charge is -2.08. The van der Waals surface area contributed by atoms with Crippen LogP contribution in [0, 0.1) is 11.6 Å². The summed E-state index contributed by atoms with van der Waals surface area (Å²) in [5.41, 5.74) is 6.79. The smallest absolute Gasteiger partial charge is 0.141 e. The van der Waals surface area contributed by atoms with Crippen LogP contribution in [-0.4, -0.2) is 11.5 Å². The van der Waals surface area contributed by atoms with Crippen LogP contribution in [0.15, 0.2) is 36.7 Å². The summed E-state index contributed by atoms with van der Waals surface area (Å²) >= 11 is 0. The van der Waals surface area contributed by atoms with Gasteiger partial charge in [-0.2, -0.15) is 0 Å². The topological polar surface area (TPSA) is 48.1 Å². The van der Waals surface area contributed by atoms with Gasteiger partial charge in [0.2, 0.25) is 0 Å². The molecular formula is C14H14F2N2O. The first kappa shape index (κ1) is 13.4. The second-order valence-electron chi connectivity index (χ2n) is 4.13. The van der Waals surface area contributed by atoms with Gasteiger partial charge >= 0.3 is 0 Å². The van der Waals surface area contributed by atoms with Crippen molar-refractivity contribution < 1.29 is 13.5 Å². The zero-order valence-electron chi connectivity index (χ0n) is 10.3. The van der Waals surface area contributed by atoms with Crippen LogP contribution in [0.3, 0.4) is 0 Å². The van der Waals surface area contributed by atoms with E-state index in [2.05, 4.69) is 4.98 Å². The van der Waals surface area contributed by atoms with Crippen molar-refractivity contribution in [3.8, 4) is 5.75 Å². The van der Waals surface area contributed by atoms with E-state index in [0.29, 0.717) is 24.3 Å². The number of pyridine rings is 1. The molecule has 0 saturated carbocycles. The highest BCUT2D eigenvalue weighted by atomic mass is 19.1. The fourth-order valence-electron chi connectivity index (χ4n) is 1.72. The second-order valence-corrected chi connectivity index (χ2v) is 4.13. The van der Waals surface area contributed by atoms with E-state index < -0.39 is 5.82 Å². The van der Waals surface area contributed by atoms with Crippen LogP contribution in [0.1, 0.15) is 11.1 Å². The quantitative estimate of drug-likeness (QED) is 0.902. The van der Waals surface area contributed by atoms with Crippen molar-refractivity contribution in [2.75, 3.05) is 6.54 Å². The maximum Gasteiger partial charge on any atom is 0.141 e. The number of hydrogen-bond donors (Lipinski definition) is 1. The summed E-state index contributed by atoms with van der Waals surface area (Å²) < 4.78 is 31.7. The number of rotatable bonds is 5. The third kappa shape index (κ3) is 3.99. The van der Waals surface area contributed by atoms with Gasteiger partial charge in [0.1, 0.15) is 24.0 Å². The summed E-state index contributed by atoms with van der Waals surface area (Å²) in [6, 6.07) is 5.76. The average Bonchev–Trinajstić information content (AvgIpc) is 2.36. The average molecular weight is 264 g/mol. The maximum atomic E-state index is 13.3. The van der Waals surface area contributed by atoms with Gasteiger partial charge < -0.3 is 10.5 Å². The number of nitrogens with zero attached hydrogens (tertiary/aromatic N) is 1. The molecule has 0 spiro atoms. The Kier molecular flexibility index (Phi) is 4.41. The van der Waals surface area contributed by atoms with Crippen LogP contribution in [0.4, 0.5) is 8.78 Å². The fraction of sp³-hybridized carbons (Fsp3) is 0.214. The number of hydrogen-bond acceptors (Lipinski definition) is 3. The SMILES string of the molecule is NCCc1cc(F)cc(OCc2cncc(F)c2)c1. The summed E-state index contributed by atoms with van der Waals surface area (Å²) in [4.78, 5) is 3.72. The van der Waals surface area contributed by atoms with E-state index in [0.717, 1.165) is 11.8 Å². The Morgan fingerprint density at radius 3 is 2.53 bits per heavy atom. The number of halogens is 2. The predicted octanol–water partition coefficient (Wildman–Crippen LogP) is 2.44. The van der Waals surface area contributed by atoms with Crippen molar-refractivity contribution in [1.82, 2.24) is 4.98 Å². The first-order valence-electron chi connectivity index (χ1n) is 5.89. The van der Waals surface area contributed by atoms with E-state index in [-0.39, 0.29) is 12.4 Å². The van der Waals surface area contributed by atoms with Crippen molar-refractivity contribution in [1.29, 1.82) is 0 Å². The molecule has 0 aliphatic carbocycles. The van der Waals surface area contributed by atoms with E-state index >= 15 is 0 Å². The summed E-state index contributed by atoms with van der Waals surface area (Å²) in [7, 11) is 0. The van der Waals surface area contributed by atoms with Gasteiger partial charge in [-0.3, -0.25) is 4.98 Å². The molecule has 1 aromatic heterocycles. The summed E-state index contributed by atoms with van der Waals surface area (Å²) in [5.74, 6) is -0.407. The summed E-state index contributed by atoms with van der Waals surface area (Å²) in [6.07, 6.45) is 3.20. The Labute approximate surface area is 110 Å². The van der Waals surface area contributed by atoms with Gasteiger partial charge in [0, 0.05) is 17.8 Å². The Hall–Kier alpha value is -2.01. The third-order valence-electron chi connectivity index (χ3n) is 2.53. The molecule has 0 fully saturated rings. The van der Waals surface area contributed by atoms with Crippen molar-refractivity contribution in [2.45, 2.75) is 13.0 Å². The van der Waals surface area contributed by atoms with Gasteiger partial charge in [0.05, 0.1) is 6.20 Å². The summed E-state index contributed by atoms with van der Waals surface area (Å²) in [6.45, 7) is 0.576. The van der Waals surface area contributed by atoms with Gasteiger partial charge in [-0.15, -0.1) is 0 Å². The monoisotopic (exact) mass is 264 g/mol. The molecule has 1 aromatic carbocycles. The molecule has 0 radical (unpaired) electrons. The molecule has 0 aliphatic rings. The van der Waals surface area contributed by atoms with E-state index in [4.69, 9.17) is 10.5 Å². The molecular weight excluding hydrogens is 250 g/mol. The second kappa shape index (κ2) is 6.24. The lowest BCUT2D eigenvalue weighted by Crippen LogP contribution is -2.04. The molecule has 1 heterocycles. The number of benzene rings is 1. The number of nitrogens with two attached hydrogens (primary N) is 1. The van der Waals surface area contributed by atoms with Gasteiger partial charge in [-0.1, -0.05) is 0 Å². The van der Waals surface area contributed by atoms with Crippen LogP contribution in [0.25, 0.3) is 0 Å². The molecule has 3 nitrogen and oxygen atoms in total. The molecule has 0 unspecified atom stereocenters.